The lowest BCUT2D eigenvalue weighted by molar-refractivity contribution is 0.360. The predicted octanol–water partition coefficient (Wildman–Crippen LogP) is 10.2. The van der Waals surface area contributed by atoms with Crippen LogP contribution in [0.5, 0.6) is 0 Å². The largest absolute Gasteiger partial charge is 0.0625 e. The van der Waals surface area contributed by atoms with Crippen molar-refractivity contribution < 1.29 is 0 Å². The monoisotopic (exact) mass is 404 g/mol. The molecule has 0 saturated heterocycles. The van der Waals surface area contributed by atoms with Crippen LogP contribution >= 0.6 is 0 Å². The van der Waals surface area contributed by atoms with Crippen LogP contribution in [0.3, 0.4) is 0 Å². The van der Waals surface area contributed by atoms with E-state index in [1.54, 1.807) is 25.7 Å². The average Bonchev–Trinajstić information content (AvgIpc) is 3.41. The number of hydrogen-bond donors (Lipinski definition) is 0. The van der Waals surface area contributed by atoms with Gasteiger partial charge in [-0.05, 0) is 54.8 Å². The zero-order chi connectivity index (χ0) is 20.9. The molecule has 0 N–H and O–H groups in total. The lowest BCUT2D eigenvalue weighted by Crippen LogP contribution is -2.04. The molecule has 0 aliphatic heterocycles. The molecule has 5 fully saturated rings. The molecule has 0 heteroatoms. The Labute approximate surface area is 185 Å². The van der Waals surface area contributed by atoms with Crippen molar-refractivity contribution in [2.75, 3.05) is 0 Å². The fraction of sp³-hybridized carbons (Fsp3) is 1.00. The van der Waals surface area contributed by atoms with Crippen LogP contribution in [0.1, 0.15) is 150 Å². The van der Waals surface area contributed by atoms with Gasteiger partial charge >= 0.3 is 0 Å². The summed E-state index contributed by atoms with van der Waals surface area (Å²) in [6.07, 6.45) is 28.5. The molecule has 0 aromatic rings. The lowest BCUT2D eigenvalue weighted by Gasteiger charge is -2.15. The summed E-state index contributed by atoms with van der Waals surface area (Å²) in [4.78, 5) is 0. The molecular weight excluding hydrogens is 348 g/mol. The molecule has 3 atom stereocenters. The van der Waals surface area contributed by atoms with E-state index in [0.29, 0.717) is 0 Å². The van der Waals surface area contributed by atoms with Gasteiger partial charge in [0, 0.05) is 0 Å². The van der Waals surface area contributed by atoms with Crippen LogP contribution in [-0.2, 0) is 0 Å². The van der Waals surface area contributed by atoms with E-state index in [2.05, 4.69) is 27.7 Å². The van der Waals surface area contributed by atoms with E-state index in [1.165, 1.54) is 96.3 Å². The second-order valence-electron chi connectivity index (χ2n) is 11.9. The molecule has 29 heavy (non-hydrogen) atoms. The quantitative estimate of drug-likeness (QED) is 0.352. The summed E-state index contributed by atoms with van der Waals surface area (Å²) in [7, 11) is 0. The molecule has 0 spiro atoms. The highest BCUT2D eigenvalue weighted by atomic mass is 14.4. The Bertz CT molecular complexity index is 363. The average molecular weight is 405 g/mol. The van der Waals surface area contributed by atoms with Gasteiger partial charge in [0.15, 0.2) is 0 Å². The smallest absolute Gasteiger partial charge is 0.0386 e. The van der Waals surface area contributed by atoms with Crippen molar-refractivity contribution in [3.05, 3.63) is 0 Å². The van der Waals surface area contributed by atoms with Crippen LogP contribution in [0.25, 0.3) is 0 Å². The molecule has 5 aliphatic carbocycles. The maximum atomic E-state index is 2.42. The van der Waals surface area contributed by atoms with Gasteiger partial charge in [0.25, 0.3) is 0 Å². The molecule has 172 valence electrons. The van der Waals surface area contributed by atoms with Crippen molar-refractivity contribution in [1.82, 2.24) is 0 Å². The molecule has 0 nitrogen and oxygen atoms in total. The minimum absolute atomic E-state index is 1.03. The molecule has 0 amide bonds. The van der Waals surface area contributed by atoms with Gasteiger partial charge in [0.05, 0.1) is 0 Å². The molecular formula is C29H56. The Kier molecular flexibility index (Phi) is 13.0. The van der Waals surface area contributed by atoms with Crippen LogP contribution in [-0.4, -0.2) is 0 Å². The van der Waals surface area contributed by atoms with E-state index in [0.717, 1.165) is 35.5 Å². The third kappa shape index (κ3) is 11.3. The molecule has 5 aliphatic rings. The number of fused-ring (bicyclic) bond motifs is 2. The summed E-state index contributed by atoms with van der Waals surface area (Å²) in [6, 6.07) is 0. The van der Waals surface area contributed by atoms with Crippen LogP contribution in [0.15, 0.2) is 0 Å². The first-order valence-corrected chi connectivity index (χ1v) is 14.0. The van der Waals surface area contributed by atoms with Crippen molar-refractivity contribution in [2.24, 2.45) is 35.5 Å². The standard InChI is InChI=1S/C8H14.C8H16.C7H14.C6H12/c1-6-4-7-2-3-8(6)5-7;1-8-6-4-2-3-5-7-8;1-7-5-3-2-4-6-7;1-6-4-2-3-5-6/h6-8H,2-5H2,1H3;8H,2-7H2,1H3;7H,2-6H2,1H3;6H,2-5H2,1H3. The van der Waals surface area contributed by atoms with Crippen molar-refractivity contribution in [3.8, 4) is 0 Å². The SMILES string of the molecule is CC1CC2CCC1C2.CC1CCCC1.CC1CCCCC1.CC1CCCCCC1. The summed E-state index contributed by atoms with van der Waals surface area (Å²) in [5.41, 5.74) is 0. The Morgan fingerprint density at radius 2 is 0.759 bits per heavy atom. The molecule has 0 aromatic heterocycles. The van der Waals surface area contributed by atoms with E-state index in [9.17, 15) is 0 Å². The van der Waals surface area contributed by atoms with Crippen LogP contribution in [0, 0.1) is 35.5 Å². The Morgan fingerprint density at radius 3 is 1.00 bits per heavy atom. The van der Waals surface area contributed by atoms with Gasteiger partial charge < -0.3 is 0 Å². The van der Waals surface area contributed by atoms with Crippen LogP contribution in [0.4, 0.5) is 0 Å². The van der Waals surface area contributed by atoms with Gasteiger partial charge in [-0.1, -0.05) is 130 Å². The number of hydrogen-bond acceptors (Lipinski definition) is 0. The normalized spacial score (nSPS) is 32.9. The minimum atomic E-state index is 1.03. The van der Waals surface area contributed by atoms with Gasteiger partial charge in [-0.15, -0.1) is 0 Å². The Morgan fingerprint density at radius 1 is 0.379 bits per heavy atom. The number of rotatable bonds is 0. The van der Waals surface area contributed by atoms with E-state index >= 15 is 0 Å². The molecule has 5 rings (SSSR count). The molecule has 0 aromatic carbocycles. The van der Waals surface area contributed by atoms with Crippen LogP contribution in [0.2, 0.25) is 0 Å². The fourth-order valence-electron chi connectivity index (χ4n) is 6.48. The van der Waals surface area contributed by atoms with E-state index in [4.69, 9.17) is 0 Å². The summed E-state index contributed by atoms with van der Waals surface area (Å²) in [5, 5.41) is 0. The van der Waals surface area contributed by atoms with Gasteiger partial charge in [0.1, 0.15) is 0 Å². The third-order valence-electron chi connectivity index (χ3n) is 8.77. The second kappa shape index (κ2) is 14.9. The van der Waals surface area contributed by atoms with Gasteiger partial charge in [-0.2, -0.15) is 0 Å². The second-order valence-corrected chi connectivity index (χ2v) is 11.9. The van der Waals surface area contributed by atoms with E-state index in [-0.39, 0.29) is 0 Å². The maximum Gasteiger partial charge on any atom is -0.0386 e. The van der Waals surface area contributed by atoms with Crippen molar-refractivity contribution in [3.63, 3.8) is 0 Å². The van der Waals surface area contributed by atoms with Crippen molar-refractivity contribution in [2.45, 2.75) is 150 Å². The third-order valence-corrected chi connectivity index (χ3v) is 8.77. The molecule has 5 saturated carbocycles. The van der Waals surface area contributed by atoms with E-state index in [1.807, 2.05) is 0 Å². The van der Waals surface area contributed by atoms with Crippen LogP contribution < -0.4 is 0 Å². The minimum Gasteiger partial charge on any atom is -0.0625 e. The maximum absolute atomic E-state index is 2.42. The molecule has 3 unspecified atom stereocenters. The summed E-state index contributed by atoms with van der Waals surface area (Å²) < 4.78 is 0. The molecule has 2 bridgehead atoms. The summed E-state index contributed by atoms with van der Waals surface area (Å²) in [5.74, 6) is 6.47. The topological polar surface area (TPSA) is 0 Å². The highest BCUT2D eigenvalue weighted by molar-refractivity contribution is 4.87. The molecule has 0 radical (unpaired) electrons. The zero-order valence-electron chi connectivity index (χ0n) is 20.9. The van der Waals surface area contributed by atoms with Crippen molar-refractivity contribution >= 4 is 0 Å². The first-order chi connectivity index (χ1) is 14.0. The van der Waals surface area contributed by atoms with E-state index < -0.39 is 0 Å². The Balaban J connectivity index is 0.000000139. The fourth-order valence-corrected chi connectivity index (χ4v) is 6.48. The van der Waals surface area contributed by atoms with Gasteiger partial charge in [-0.3, -0.25) is 0 Å². The summed E-state index contributed by atoms with van der Waals surface area (Å²) in [6.45, 7) is 9.50. The predicted molar refractivity (Wildman–Crippen MR) is 131 cm³/mol. The highest BCUT2D eigenvalue weighted by Crippen LogP contribution is 2.47. The zero-order valence-corrected chi connectivity index (χ0v) is 20.9. The van der Waals surface area contributed by atoms with Gasteiger partial charge in [0.2, 0.25) is 0 Å². The lowest BCUT2D eigenvalue weighted by atomic mass is 9.91. The first-order valence-electron chi connectivity index (χ1n) is 14.0. The highest BCUT2D eigenvalue weighted by Gasteiger charge is 2.36. The van der Waals surface area contributed by atoms with Gasteiger partial charge in [-0.25, -0.2) is 0 Å². The Hall–Kier alpha value is 0. The first kappa shape index (κ1) is 25.3. The summed E-state index contributed by atoms with van der Waals surface area (Å²) >= 11 is 0. The molecule has 0 heterocycles. The van der Waals surface area contributed by atoms with Crippen molar-refractivity contribution in [1.29, 1.82) is 0 Å².